The number of alkyl halides is 3. The van der Waals surface area contributed by atoms with Gasteiger partial charge in [-0.05, 0) is 41.5 Å². The molecule has 3 aromatic carbocycles. The smallest absolute Gasteiger partial charge is 0.416 e. The van der Waals surface area contributed by atoms with E-state index in [-0.39, 0.29) is 23.6 Å². The predicted octanol–water partition coefficient (Wildman–Crippen LogP) is 5.80. The fraction of sp³-hybridized carbons (Fsp3) is 0.174. The molecule has 4 rings (SSSR count). The molecule has 0 amide bonds. The van der Waals surface area contributed by atoms with Crippen molar-refractivity contribution in [3.8, 4) is 6.01 Å². The van der Waals surface area contributed by atoms with Crippen molar-refractivity contribution in [3.63, 3.8) is 0 Å². The van der Waals surface area contributed by atoms with Gasteiger partial charge < -0.3 is 15.4 Å². The molecule has 0 aliphatic rings. The van der Waals surface area contributed by atoms with Gasteiger partial charge in [-0.3, -0.25) is 0 Å². The standard InChI is InChI=1S/C23H20F3N5O/c1-2-32-22-30-20(27-14-16-9-5-8-15-7-3-4-12-19(15)16)29-21(31-22)28-18-11-6-10-17(13-18)23(24,25)26/h3-13H,2,14H2,1H3,(H2,27,28,29,30,31). The molecule has 0 aliphatic heterocycles. The lowest BCUT2D eigenvalue weighted by Gasteiger charge is -2.12. The van der Waals surface area contributed by atoms with Crippen molar-refractivity contribution in [3.05, 3.63) is 77.9 Å². The van der Waals surface area contributed by atoms with E-state index in [0.29, 0.717) is 13.2 Å². The summed E-state index contributed by atoms with van der Waals surface area (Å²) in [7, 11) is 0. The monoisotopic (exact) mass is 439 g/mol. The number of benzene rings is 3. The molecule has 0 aliphatic carbocycles. The van der Waals surface area contributed by atoms with E-state index >= 15 is 0 Å². The van der Waals surface area contributed by atoms with Crippen molar-refractivity contribution in [1.82, 2.24) is 15.0 Å². The van der Waals surface area contributed by atoms with Crippen molar-refractivity contribution < 1.29 is 17.9 Å². The van der Waals surface area contributed by atoms with Crippen LogP contribution < -0.4 is 15.4 Å². The summed E-state index contributed by atoms with van der Waals surface area (Å²) in [6, 6.07) is 18.9. The third-order valence-electron chi connectivity index (χ3n) is 4.65. The molecule has 4 aromatic rings. The molecule has 0 atom stereocenters. The molecule has 1 aromatic heterocycles. The van der Waals surface area contributed by atoms with Gasteiger partial charge in [0.2, 0.25) is 11.9 Å². The normalized spacial score (nSPS) is 11.4. The second-order valence-corrected chi connectivity index (χ2v) is 6.89. The van der Waals surface area contributed by atoms with Crippen LogP contribution >= 0.6 is 0 Å². The number of rotatable bonds is 7. The van der Waals surface area contributed by atoms with Gasteiger partial charge in [0.05, 0.1) is 12.2 Å². The Morgan fingerprint density at radius 2 is 1.62 bits per heavy atom. The van der Waals surface area contributed by atoms with Crippen molar-refractivity contribution in [2.75, 3.05) is 17.2 Å². The largest absolute Gasteiger partial charge is 0.464 e. The summed E-state index contributed by atoms with van der Waals surface area (Å²) < 4.78 is 44.4. The van der Waals surface area contributed by atoms with Gasteiger partial charge in [0.1, 0.15) is 0 Å². The van der Waals surface area contributed by atoms with Crippen LogP contribution in [-0.2, 0) is 12.7 Å². The number of hydrogen-bond acceptors (Lipinski definition) is 6. The van der Waals surface area contributed by atoms with Gasteiger partial charge in [0.15, 0.2) is 0 Å². The molecule has 0 fully saturated rings. The van der Waals surface area contributed by atoms with Crippen LogP contribution in [0.15, 0.2) is 66.7 Å². The van der Waals surface area contributed by atoms with Crippen molar-refractivity contribution >= 4 is 28.4 Å². The highest BCUT2D eigenvalue weighted by molar-refractivity contribution is 5.85. The number of nitrogens with zero attached hydrogens (tertiary/aromatic N) is 3. The summed E-state index contributed by atoms with van der Waals surface area (Å²) >= 11 is 0. The fourth-order valence-corrected chi connectivity index (χ4v) is 3.21. The van der Waals surface area contributed by atoms with Crippen molar-refractivity contribution in [1.29, 1.82) is 0 Å². The molecule has 9 heteroatoms. The highest BCUT2D eigenvalue weighted by Crippen LogP contribution is 2.31. The highest BCUT2D eigenvalue weighted by Gasteiger charge is 2.30. The Morgan fingerprint density at radius 3 is 2.44 bits per heavy atom. The molecule has 164 valence electrons. The molecule has 1 heterocycles. The molecule has 0 saturated carbocycles. The first-order chi connectivity index (χ1) is 15.4. The summed E-state index contributed by atoms with van der Waals surface area (Å²) in [6.07, 6.45) is -4.45. The Balaban J connectivity index is 1.58. The molecule has 0 unspecified atom stereocenters. The lowest BCUT2D eigenvalue weighted by atomic mass is 10.0. The number of aromatic nitrogens is 3. The first-order valence-corrected chi connectivity index (χ1v) is 9.96. The Labute approximate surface area is 182 Å². The van der Waals surface area contributed by atoms with E-state index in [0.717, 1.165) is 28.5 Å². The van der Waals surface area contributed by atoms with Crippen LogP contribution in [0.25, 0.3) is 10.8 Å². The second kappa shape index (κ2) is 9.09. The third-order valence-corrected chi connectivity index (χ3v) is 4.65. The quantitative estimate of drug-likeness (QED) is 0.379. The number of anilines is 3. The van der Waals surface area contributed by atoms with E-state index in [2.05, 4.69) is 25.6 Å². The summed E-state index contributed by atoms with van der Waals surface area (Å²) in [5.74, 6) is 0.314. The maximum Gasteiger partial charge on any atom is 0.416 e. The molecular weight excluding hydrogens is 419 g/mol. The lowest BCUT2D eigenvalue weighted by Crippen LogP contribution is -2.10. The van der Waals surface area contributed by atoms with E-state index < -0.39 is 11.7 Å². The molecule has 32 heavy (non-hydrogen) atoms. The number of nitrogens with one attached hydrogen (secondary N) is 2. The summed E-state index contributed by atoms with van der Waals surface area (Å²) in [4.78, 5) is 12.7. The minimum absolute atomic E-state index is 0.0670. The SMILES string of the molecule is CCOc1nc(NCc2cccc3ccccc23)nc(Nc2cccc(C(F)(F)F)c2)n1. The first kappa shape index (κ1) is 21.4. The Morgan fingerprint density at radius 1 is 0.875 bits per heavy atom. The van der Waals surface area contributed by atoms with Crippen LogP contribution in [0.3, 0.4) is 0 Å². The number of hydrogen-bond donors (Lipinski definition) is 2. The minimum atomic E-state index is -4.45. The first-order valence-electron chi connectivity index (χ1n) is 9.96. The molecular formula is C23H20F3N5O. The maximum absolute atomic E-state index is 13.0. The predicted molar refractivity (Wildman–Crippen MR) is 117 cm³/mol. The Kier molecular flexibility index (Phi) is 6.07. The third kappa shape index (κ3) is 5.05. The molecule has 0 spiro atoms. The average Bonchev–Trinajstić information content (AvgIpc) is 2.77. The minimum Gasteiger partial charge on any atom is -0.464 e. The zero-order valence-corrected chi connectivity index (χ0v) is 17.1. The van der Waals surface area contributed by atoms with Gasteiger partial charge in [-0.25, -0.2) is 0 Å². The van der Waals surface area contributed by atoms with Gasteiger partial charge in [0, 0.05) is 12.2 Å². The van der Waals surface area contributed by atoms with E-state index in [1.807, 2.05) is 42.5 Å². The second-order valence-electron chi connectivity index (χ2n) is 6.89. The zero-order valence-electron chi connectivity index (χ0n) is 17.1. The Bertz CT molecular complexity index is 1220. The summed E-state index contributed by atoms with van der Waals surface area (Å²) in [5, 5.41) is 8.17. The molecule has 0 saturated heterocycles. The van der Waals surface area contributed by atoms with E-state index in [1.54, 1.807) is 6.92 Å². The topological polar surface area (TPSA) is 72.0 Å². The van der Waals surface area contributed by atoms with E-state index in [1.165, 1.54) is 12.1 Å². The summed E-state index contributed by atoms with van der Waals surface area (Å²) in [5.41, 5.74) is 0.484. The van der Waals surface area contributed by atoms with Gasteiger partial charge >= 0.3 is 12.2 Å². The Hall–Kier alpha value is -3.88. The molecule has 2 N–H and O–H groups in total. The van der Waals surface area contributed by atoms with Crippen LogP contribution in [0.2, 0.25) is 0 Å². The number of halogens is 3. The molecule has 0 bridgehead atoms. The van der Waals surface area contributed by atoms with Crippen LogP contribution in [-0.4, -0.2) is 21.6 Å². The van der Waals surface area contributed by atoms with Gasteiger partial charge in [-0.1, -0.05) is 48.5 Å². The van der Waals surface area contributed by atoms with Gasteiger partial charge in [-0.2, -0.15) is 28.1 Å². The molecule has 0 radical (unpaired) electrons. The van der Waals surface area contributed by atoms with E-state index in [9.17, 15) is 13.2 Å². The van der Waals surface area contributed by atoms with Crippen LogP contribution in [0, 0.1) is 0 Å². The summed E-state index contributed by atoms with van der Waals surface area (Å²) in [6.45, 7) is 2.56. The number of ether oxygens (including phenoxy) is 1. The van der Waals surface area contributed by atoms with Crippen LogP contribution in [0.1, 0.15) is 18.1 Å². The lowest BCUT2D eigenvalue weighted by molar-refractivity contribution is -0.137. The van der Waals surface area contributed by atoms with E-state index in [4.69, 9.17) is 4.74 Å². The van der Waals surface area contributed by atoms with Gasteiger partial charge in [0.25, 0.3) is 0 Å². The highest BCUT2D eigenvalue weighted by atomic mass is 19.4. The van der Waals surface area contributed by atoms with Crippen LogP contribution in [0.4, 0.5) is 30.8 Å². The maximum atomic E-state index is 13.0. The number of fused-ring (bicyclic) bond motifs is 1. The van der Waals surface area contributed by atoms with Crippen molar-refractivity contribution in [2.45, 2.75) is 19.6 Å². The zero-order chi connectivity index (χ0) is 22.6. The molecule has 6 nitrogen and oxygen atoms in total. The van der Waals surface area contributed by atoms with Crippen molar-refractivity contribution in [2.24, 2.45) is 0 Å². The average molecular weight is 439 g/mol. The van der Waals surface area contributed by atoms with Crippen LogP contribution in [0.5, 0.6) is 6.01 Å². The van der Waals surface area contributed by atoms with Gasteiger partial charge in [-0.15, -0.1) is 0 Å². The fourth-order valence-electron chi connectivity index (χ4n) is 3.21.